The molecule has 0 aliphatic heterocycles. The van der Waals surface area contributed by atoms with Crippen molar-refractivity contribution in [1.82, 2.24) is 0 Å². The Labute approximate surface area is 164 Å². The van der Waals surface area contributed by atoms with Crippen LogP contribution >= 0.6 is 0 Å². The fourth-order valence-electron chi connectivity index (χ4n) is 2.97. The minimum absolute atomic E-state index is 0.0713. The topological polar surface area (TPSA) is 59.0 Å². The molecule has 0 saturated carbocycles. The van der Waals surface area contributed by atoms with Crippen molar-refractivity contribution in [2.75, 3.05) is 19.1 Å². The van der Waals surface area contributed by atoms with Crippen LogP contribution in [-0.4, -0.2) is 25.2 Å². The molecule has 0 aromatic heterocycles. The zero-order chi connectivity index (χ0) is 19.9. The molecule has 144 valence electrons. The summed E-state index contributed by atoms with van der Waals surface area (Å²) in [6, 6.07) is 21.9. The second-order valence-electron chi connectivity index (χ2n) is 6.35. The van der Waals surface area contributed by atoms with E-state index in [4.69, 9.17) is 9.47 Å². The SMILES string of the molecule is COc1ccc(N(Cc2ccccc2)C(=O)Cc2ccc(O)cc2)c(OC)c1. The van der Waals surface area contributed by atoms with E-state index in [0.29, 0.717) is 23.7 Å². The maximum Gasteiger partial charge on any atom is 0.231 e. The summed E-state index contributed by atoms with van der Waals surface area (Å²) in [4.78, 5) is 14.9. The first-order valence-electron chi connectivity index (χ1n) is 8.95. The minimum atomic E-state index is -0.0713. The zero-order valence-electron chi connectivity index (χ0n) is 16.0. The Balaban J connectivity index is 1.95. The average molecular weight is 377 g/mol. The van der Waals surface area contributed by atoms with Crippen LogP contribution in [0.1, 0.15) is 11.1 Å². The van der Waals surface area contributed by atoms with Crippen LogP contribution in [0.3, 0.4) is 0 Å². The quantitative estimate of drug-likeness (QED) is 0.671. The van der Waals surface area contributed by atoms with Crippen molar-refractivity contribution in [3.05, 3.63) is 83.9 Å². The lowest BCUT2D eigenvalue weighted by molar-refractivity contribution is -0.118. The van der Waals surface area contributed by atoms with E-state index in [2.05, 4.69) is 0 Å². The fourth-order valence-corrected chi connectivity index (χ4v) is 2.97. The number of hydrogen-bond acceptors (Lipinski definition) is 4. The van der Waals surface area contributed by atoms with Crippen molar-refractivity contribution in [2.24, 2.45) is 0 Å². The lowest BCUT2D eigenvalue weighted by Gasteiger charge is -2.25. The van der Waals surface area contributed by atoms with Crippen LogP contribution in [0.2, 0.25) is 0 Å². The first-order chi connectivity index (χ1) is 13.6. The van der Waals surface area contributed by atoms with Gasteiger partial charge in [-0.3, -0.25) is 4.79 Å². The number of hydrogen-bond donors (Lipinski definition) is 1. The van der Waals surface area contributed by atoms with Gasteiger partial charge in [-0.2, -0.15) is 0 Å². The summed E-state index contributed by atoms with van der Waals surface area (Å²) in [6.07, 6.45) is 0.211. The third kappa shape index (κ3) is 4.62. The van der Waals surface area contributed by atoms with Crippen LogP contribution in [0.4, 0.5) is 5.69 Å². The van der Waals surface area contributed by atoms with Gasteiger partial charge in [0.25, 0.3) is 0 Å². The summed E-state index contributed by atoms with van der Waals surface area (Å²) < 4.78 is 10.8. The summed E-state index contributed by atoms with van der Waals surface area (Å²) in [6.45, 7) is 0.417. The van der Waals surface area contributed by atoms with Gasteiger partial charge in [0.1, 0.15) is 17.2 Å². The van der Waals surface area contributed by atoms with E-state index in [0.717, 1.165) is 11.1 Å². The van der Waals surface area contributed by atoms with Crippen molar-refractivity contribution in [1.29, 1.82) is 0 Å². The van der Waals surface area contributed by atoms with E-state index in [1.165, 1.54) is 0 Å². The standard InChI is InChI=1S/C23H23NO4/c1-27-20-12-13-21(22(15-20)28-2)24(16-18-6-4-3-5-7-18)23(26)14-17-8-10-19(25)11-9-17/h3-13,15,25H,14,16H2,1-2H3. The number of carbonyl (C=O) groups excluding carboxylic acids is 1. The lowest BCUT2D eigenvalue weighted by atomic mass is 10.1. The molecule has 3 aromatic carbocycles. The van der Waals surface area contributed by atoms with Gasteiger partial charge in [0, 0.05) is 6.07 Å². The normalized spacial score (nSPS) is 10.4. The highest BCUT2D eigenvalue weighted by atomic mass is 16.5. The fraction of sp³-hybridized carbons (Fsp3) is 0.174. The largest absolute Gasteiger partial charge is 0.508 e. The van der Waals surface area contributed by atoms with Crippen LogP contribution in [0.15, 0.2) is 72.8 Å². The van der Waals surface area contributed by atoms with E-state index in [1.54, 1.807) is 49.5 Å². The molecule has 5 nitrogen and oxygen atoms in total. The number of amides is 1. The highest BCUT2D eigenvalue weighted by Crippen LogP contribution is 2.33. The van der Waals surface area contributed by atoms with Gasteiger partial charge in [0.05, 0.1) is 32.9 Å². The lowest BCUT2D eigenvalue weighted by Crippen LogP contribution is -2.32. The number of carbonyl (C=O) groups is 1. The number of phenols is 1. The Kier molecular flexibility index (Phi) is 6.17. The number of rotatable bonds is 7. The van der Waals surface area contributed by atoms with Gasteiger partial charge < -0.3 is 19.5 Å². The molecular weight excluding hydrogens is 354 g/mol. The van der Waals surface area contributed by atoms with Gasteiger partial charge in [-0.15, -0.1) is 0 Å². The highest BCUT2D eigenvalue weighted by molar-refractivity contribution is 5.96. The molecule has 1 N–H and O–H groups in total. The molecule has 0 heterocycles. The van der Waals surface area contributed by atoms with Crippen molar-refractivity contribution >= 4 is 11.6 Å². The maximum absolute atomic E-state index is 13.2. The van der Waals surface area contributed by atoms with Gasteiger partial charge in [-0.1, -0.05) is 42.5 Å². The van der Waals surface area contributed by atoms with Crippen LogP contribution in [0, 0.1) is 0 Å². The Morgan fingerprint density at radius 2 is 1.61 bits per heavy atom. The monoisotopic (exact) mass is 377 g/mol. The molecular formula is C23H23NO4. The molecule has 3 rings (SSSR count). The number of aromatic hydroxyl groups is 1. The van der Waals surface area contributed by atoms with Gasteiger partial charge in [0.2, 0.25) is 5.91 Å². The molecule has 0 aliphatic rings. The first kappa shape index (κ1) is 19.3. The van der Waals surface area contributed by atoms with Crippen molar-refractivity contribution in [3.8, 4) is 17.2 Å². The first-order valence-corrected chi connectivity index (χ1v) is 8.95. The van der Waals surface area contributed by atoms with E-state index >= 15 is 0 Å². The number of methoxy groups -OCH3 is 2. The third-order valence-corrected chi connectivity index (χ3v) is 4.45. The van der Waals surface area contributed by atoms with E-state index in [1.807, 2.05) is 42.5 Å². The summed E-state index contributed by atoms with van der Waals surface area (Å²) in [5.41, 5.74) is 2.52. The van der Waals surface area contributed by atoms with Gasteiger partial charge in [-0.05, 0) is 35.4 Å². The Morgan fingerprint density at radius 3 is 2.25 bits per heavy atom. The smallest absolute Gasteiger partial charge is 0.231 e. The molecule has 3 aromatic rings. The minimum Gasteiger partial charge on any atom is -0.508 e. The number of benzene rings is 3. The second-order valence-corrected chi connectivity index (χ2v) is 6.35. The van der Waals surface area contributed by atoms with Crippen LogP contribution < -0.4 is 14.4 Å². The molecule has 0 radical (unpaired) electrons. The van der Waals surface area contributed by atoms with Crippen molar-refractivity contribution < 1.29 is 19.4 Å². The van der Waals surface area contributed by atoms with Gasteiger partial charge in [0.15, 0.2) is 0 Å². The Bertz CT molecular complexity index is 923. The van der Waals surface area contributed by atoms with E-state index < -0.39 is 0 Å². The highest BCUT2D eigenvalue weighted by Gasteiger charge is 2.21. The molecule has 0 unspecified atom stereocenters. The predicted molar refractivity (Wildman–Crippen MR) is 109 cm³/mol. The molecule has 5 heteroatoms. The van der Waals surface area contributed by atoms with Crippen LogP contribution in [0.5, 0.6) is 17.2 Å². The Morgan fingerprint density at radius 1 is 0.893 bits per heavy atom. The van der Waals surface area contributed by atoms with Gasteiger partial charge >= 0.3 is 0 Å². The molecule has 0 saturated heterocycles. The number of anilines is 1. The van der Waals surface area contributed by atoms with E-state index in [-0.39, 0.29) is 18.1 Å². The summed E-state index contributed by atoms with van der Waals surface area (Å²) in [7, 11) is 3.16. The van der Waals surface area contributed by atoms with Gasteiger partial charge in [-0.25, -0.2) is 0 Å². The van der Waals surface area contributed by atoms with Crippen molar-refractivity contribution in [2.45, 2.75) is 13.0 Å². The molecule has 0 spiro atoms. The number of phenolic OH excluding ortho intramolecular Hbond substituents is 1. The summed E-state index contributed by atoms with van der Waals surface area (Å²) >= 11 is 0. The number of ether oxygens (including phenoxy) is 2. The van der Waals surface area contributed by atoms with E-state index in [9.17, 15) is 9.90 Å². The Hall–Kier alpha value is -3.47. The van der Waals surface area contributed by atoms with Crippen molar-refractivity contribution in [3.63, 3.8) is 0 Å². The predicted octanol–water partition coefficient (Wildman–Crippen LogP) is 4.19. The van der Waals surface area contributed by atoms with Crippen LogP contribution in [0.25, 0.3) is 0 Å². The second kappa shape index (κ2) is 8.95. The average Bonchev–Trinajstić information content (AvgIpc) is 2.74. The number of nitrogens with zero attached hydrogens (tertiary/aromatic N) is 1. The van der Waals surface area contributed by atoms with Crippen LogP contribution in [-0.2, 0) is 17.8 Å². The molecule has 0 atom stereocenters. The molecule has 28 heavy (non-hydrogen) atoms. The summed E-state index contributed by atoms with van der Waals surface area (Å²) in [5.74, 6) is 1.33. The molecule has 0 aliphatic carbocycles. The third-order valence-electron chi connectivity index (χ3n) is 4.45. The molecule has 1 amide bonds. The molecule has 0 fully saturated rings. The maximum atomic E-state index is 13.2. The summed E-state index contributed by atoms with van der Waals surface area (Å²) in [5, 5.41) is 9.47. The molecule has 0 bridgehead atoms. The zero-order valence-corrected chi connectivity index (χ0v) is 16.0.